The van der Waals surface area contributed by atoms with Crippen molar-refractivity contribution in [2.24, 2.45) is 11.7 Å². The lowest BCUT2D eigenvalue weighted by molar-refractivity contribution is 0.273. The number of nitrogens with two attached hydrogens (primary N) is 1. The van der Waals surface area contributed by atoms with Gasteiger partial charge in [0, 0.05) is 16.1 Å². The smallest absolute Gasteiger partial charge is 0.132 e. The minimum Gasteiger partial charge on any atom is -0.324 e. The molecule has 1 atom stereocenters. The molecule has 16 heavy (non-hydrogen) atoms. The minimum atomic E-state index is -0.557. The molecule has 0 aromatic heterocycles. The first-order valence-corrected chi connectivity index (χ1v) is 6.27. The van der Waals surface area contributed by atoms with Crippen molar-refractivity contribution in [1.82, 2.24) is 0 Å². The van der Waals surface area contributed by atoms with Crippen molar-refractivity contribution in [3.63, 3.8) is 0 Å². The normalized spacial score (nSPS) is 18.2. The summed E-state index contributed by atoms with van der Waals surface area (Å²) < 4.78 is 27.6. The van der Waals surface area contributed by atoms with Gasteiger partial charge in [0.15, 0.2) is 0 Å². The molecule has 0 spiro atoms. The molecule has 1 aromatic carbocycles. The van der Waals surface area contributed by atoms with Crippen molar-refractivity contribution in [3.8, 4) is 0 Å². The largest absolute Gasteiger partial charge is 0.324 e. The molecule has 2 N–H and O–H groups in total. The second kappa shape index (κ2) is 4.80. The summed E-state index contributed by atoms with van der Waals surface area (Å²) in [5.41, 5.74) is 5.89. The highest BCUT2D eigenvalue weighted by Gasteiger charge is 2.24. The predicted octanol–water partition coefficient (Wildman–Crippen LogP) is 3.92. The maximum Gasteiger partial charge on any atom is 0.132 e. The van der Waals surface area contributed by atoms with Crippen LogP contribution >= 0.6 is 15.9 Å². The van der Waals surface area contributed by atoms with Crippen LogP contribution in [0.25, 0.3) is 0 Å². The average Bonchev–Trinajstić information content (AvgIpc) is 2.09. The summed E-state index contributed by atoms with van der Waals surface area (Å²) in [6.45, 7) is 0. The zero-order chi connectivity index (χ0) is 11.7. The van der Waals surface area contributed by atoms with Crippen LogP contribution in [0, 0.1) is 17.6 Å². The van der Waals surface area contributed by atoms with E-state index >= 15 is 0 Å². The summed E-state index contributed by atoms with van der Waals surface area (Å²) in [5, 5.41) is 0. The first kappa shape index (κ1) is 12.0. The predicted molar refractivity (Wildman–Crippen MR) is 62.9 cm³/mol. The monoisotopic (exact) mass is 289 g/mol. The summed E-state index contributed by atoms with van der Waals surface area (Å²) in [4.78, 5) is 0. The van der Waals surface area contributed by atoms with Crippen molar-refractivity contribution in [2.75, 3.05) is 0 Å². The van der Waals surface area contributed by atoms with E-state index in [2.05, 4.69) is 15.9 Å². The Morgan fingerprint density at radius 2 is 1.88 bits per heavy atom. The fraction of sp³-hybridized carbons (Fsp3) is 0.500. The van der Waals surface area contributed by atoms with E-state index in [0.717, 1.165) is 12.8 Å². The molecule has 0 radical (unpaired) electrons. The molecule has 1 nitrogen and oxygen atoms in total. The molecule has 1 aliphatic carbocycles. The molecule has 0 bridgehead atoms. The Labute approximate surface area is 102 Å². The van der Waals surface area contributed by atoms with Crippen molar-refractivity contribution < 1.29 is 8.78 Å². The molecule has 1 saturated carbocycles. The molecule has 0 aliphatic heterocycles. The Kier molecular flexibility index (Phi) is 3.60. The number of rotatable bonds is 3. The van der Waals surface area contributed by atoms with Gasteiger partial charge in [-0.2, -0.15) is 0 Å². The Balaban J connectivity index is 2.17. The van der Waals surface area contributed by atoms with E-state index in [1.54, 1.807) is 0 Å². The van der Waals surface area contributed by atoms with E-state index in [1.807, 2.05) is 0 Å². The van der Waals surface area contributed by atoms with Gasteiger partial charge in [0.25, 0.3) is 0 Å². The van der Waals surface area contributed by atoms with Gasteiger partial charge in [0.2, 0.25) is 0 Å². The van der Waals surface area contributed by atoms with Gasteiger partial charge in [0.05, 0.1) is 0 Å². The highest BCUT2D eigenvalue weighted by molar-refractivity contribution is 9.10. The van der Waals surface area contributed by atoms with Crippen LogP contribution in [0.15, 0.2) is 16.6 Å². The second-order valence-corrected chi connectivity index (χ2v) is 5.34. The number of hydrogen-bond acceptors (Lipinski definition) is 1. The standard InChI is InChI=1S/C12H14BrF2N/c13-8-5-9(14)12(10(15)6-8)11(16)4-7-2-1-3-7/h5-7,11H,1-4,16H2. The molecule has 1 unspecified atom stereocenters. The van der Waals surface area contributed by atoms with Crippen LogP contribution in [0.3, 0.4) is 0 Å². The zero-order valence-corrected chi connectivity index (χ0v) is 10.4. The summed E-state index contributed by atoms with van der Waals surface area (Å²) in [5.74, 6) is -0.574. The van der Waals surface area contributed by atoms with Gasteiger partial charge in [-0.25, -0.2) is 8.78 Å². The summed E-state index contributed by atoms with van der Waals surface area (Å²) in [7, 11) is 0. The van der Waals surface area contributed by atoms with Gasteiger partial charge in [-0.3, -0.25) is 0 Å². The number of hydrogen-bond donors (Lipinski definition) is 1. The summed E-state index contributed by atoms with van der Waals surface area (Å²) in [6.07, 6.45) is 4.15. The van der Waals surface area contributed by atoms with Crippen LogP contribution in [-0.4, -0.2) is 0 Å². The van der Waals surface area contributed by atoms with E-state index in [9.17, 15) is 8.78 Å². The lowest BCUT2D eigenvalue weighted by Crippen LogP contribution is -2.22. The SMILES string of the molecule is NC(CC1CCC1)c1c(F)cc(Br)cc1F. The molecule has 4 heteroatoms. The maximum atomic E-state index is 13.6. The van der Waals surface area contributed by atoms with Gasteiger partial charge in [-0.1, -0.05) is 35.2 Å². The minimum absolute atomic E-state index is 0.0232. The average molecular weight is 290 g/mol. The molecule has 1 aliphatic rings. The van der Waals surface area contributed by atoms with E-state index in [1.165, 1.54) is 18.6 Å². The van der Waals surface area contributed by atoms with Gasteiger partial charge in [-0.05, 0) is 24.5 Å². The number of benzene rings is 1. The first-order chi connectivity index (χ1) is 7.58. The Bertz CT molecular complexity index is 368. The van der Waals surface area contributed by atoms with Crippen molar-refractivity contribution in [1.29, 1.82) is 0 Å². The van der Waals surface area contributed by atoms with Gasteiger partial charge in [-0.15, -0.1) is 0 Å². The topological polar surface area (TPSA) is 26.0 Å². The van der Waals surface area contributed by atoms with E-state index < -0.39 is 17.7 Å². The Hall–Kier alpha value is -0.480. The molecule has 0 saturated heterocycles. The van der Waals surface area contributed by atoms with Gasteiger partial charge in [0.1, 0.15) is 11.6 Å². The lowest BCUT2D eigenvalue weighted by Gasteiger charge is -2.28. The molecular weight excluding hydrogens is 276 g/mol. The third-order valence-electron chi connectivity index (χ3n) is 3.23. The molecule has 1 aromatic rings. The van der Waals surface area contributed by atoms with E-state index in [-0.39, 0.29) is 5.56 Å². The first-order valence-electron chi connectivity index (χ1n) is 5.48. The van der Waals surface area contributed by atoms with Crippen LogP contribution in [0.2, 0.25) is 0 Å². The highest BCUT2D eigenvalue weighted by atomic mass is 79.9. The Morgan fingerprint density at radius 1 is 1.31 bits per heavy atom. The quantitative estimate of drug-likeness (QED) is 0.897. The highest BCUT2D eigenvalue weighted by Crippen LogP contribution is 2.35. The Morgan fingerprint density at radius 3 is 2.31 bits per heavy atom. The lowest BCUT2D eigenvalue weighted by atomic mass is 9.80. The molecule has 2 rings (SSSR count). The zero-order valence-electron chi connectivity index (χ0n) is 8.85. The van der Waals surface area contributed by atoms with Crippen LogP contribution in [-0.2, 0) is 0 Å². The summed E-state index contributed by atoms with van der Waals surface area (Å²) in [6, 6.07) is 2.00. The fourth-order valence-electron chi connectivity index (χ4n) is 2.11. The van der Waals surface area contributed by atoms with Crippen molar-refractivity contribution in [3.05, 3.63) is 33.8 Å². The van der Waals surface area contributed by atoms with Crippen LogP contribution in [0.1, 0.15) is 37.3 Å². The number of halogens is 3. The van der Waals surface area contributed by atoms with Crippen LogP contribution < -0.4 is 5.73 Å². The third-order valence-corrected chi connectivity index (χ3v) is 3.68. The fourth-order valence-corrected chi connectivity index (χ4v) is 2.52. The second-order valence-electron chi connectivity index (χ2n) is 4.42. The van der Waals surface area contributed by atoms with E-state index in [0.29, 0.717) is 16.8 Å². The third kappa shape index (κ3) is 2.43. The molecule has 0 amide bonds. The summed E-state index contributed by atoms with van der Waals surface area (Å²) >= 11 is 3.05. The molecule has 0 heterocycles. The van der Waals surface area contributed by atoms with Gasteiger partial charge < -0.3 is 5.73 Å². The van der Waals surface area contributed by atoms with Crippen molar-refractivity contribution in [2.45, 2.75) is 31.7 Å². The molecule has 1 fully saturated rings. The van der Waals surface area contributed by atoms with Crippen LogP contribution in [0.5, 0.6) is 0 Å². The molecule has 88 valence electrons. The maximum absolute atomic E-state index is 13.6. The van der Waals surface area contributed by atoms with E-state index in [4.69, 9.17) is 5.73 Å². The van der Waals surface area contributed by atoms with Gasteiger partial charge >= 0.3 is 0 Å². The van der Waals surface area contributed by atoms with Crippen LogP contribution in [0.4, 0.5) is 8.78 Å². The molecular formula is C12H14BrF2N. The van der Waals surface area contributed by atoms with Crippen molar-refractivity contribution >= 4 is 15.9 Å².